The Kier molecular flexibility index (Phi) is 9.28. The van der Waals surface area contributed by atoms with Gasteiger partial charge in [-0.1, -0.05) is 0 Å². The topological polar surface area (TPSA) is 9.23 Å². The van der Waals surface area contributed by atoms with E-state index in [1.54, 1.807) is 20.0 Å². The van der Waals surface area contributed by atoms with Crippen LogP contribution in [0, 0.1) is 0 Å². The summed E-state index contributed by atoms with van der Waals surface area (Å²) in [5, 5.41) is 0. The van der Waals surface area contributed by atoms with Gasteiger partial charge in [0, 0.05) is 0 Å². The molecule has 0 amide bonds. The third-order valence-electron chi connectivity index (χ3n) is 5.74. The van der Waals surface area contributed by atoms with Gasteiger partial charge in [-0.05, 0) is 0 Å². The second-order valence-corrected chi connectivity index (χ2v) is 19.7. The Morgan fingerprint density at radius 2 is 1.53 bits per heavy atom. The van der Waals surface area contributed by atoms with Crippen LogP contribution in [0.25, 0.3) is 11.1 Å². The van der Waals surface area contributed by atoms with E-state index < -0.39 is 29.6 Å². The van der Waals surface area contributed by atoms with Gasteiger partial charge in [0.2, 0.25) is 0 Å². The number of halogens is 2. The molecule has 0 N–H and O–H groups in total. The van der Waals surface area contributed by atoms with Gasteiger partial charge in [0.1, 0.15) is 0 Å². The van der Waals surface area contributed by atoms with Gasteiger partial charge in [0.05, 0.1) is 0 Å². The molecule has 0 fully saturated rings. The predicted molar refractivity (Wildman–Crippen MR) is 120 cm³/mol. The molecule has 0 saturated heterocycles. The molecule has 5 heteroatoms. The zero-order chi connectivity index (χ0) is 19.7. The van der Waals surface area contributed by atoms with E-state index in [1.807, 2.05) is 0 Å². The van der Waals surface area contributed by atoms with Crippen molar-refractivity contribution in [2.75, 3.05) is 6.61 Å². The van der Waals surface area contributed by atoms with Crippen LogP contribution in [0.5, 0.6) is 0 Å². The largest absolute Gasteiger partial charge is 1.00 e. The summed E-state index contributed by atoms with van der Waals surface area (Å²) in [6.45, 7) is 10.0. The van der Waals surface area contributed by atoms with E-state index in [0.717, 1.165) is 19.4 Å². The second kappa shape index (κ2) is 10.8. The molecule has 0 unspecified atom stereocenters. The second-order valence-electron chi connectivity index (χ2n) is 8.67. The fraction of sp³-hybridized carbons (Fsp3) is 0.320. The van der Waals surface area contributed by atoms with Gasteiger partial charge >= 0.3 is 179 Å². The molecule has 0 spiro atoms. The molecule has 2 aromatic rings. The van der Waals surface area contributed by atoms with E-state index in [1.165, 1.54) is 11.1 Å². The van der Waals surface area contributed by atoms with Crippen LogP contribution >= 0.6 is 0 Å². The Hall–Kier alpha value is -0.570. The van der Waals surface area contributed by atoms with E-state index in [4.69, 9.17) is 4.43 Å². The van der Waals surface area contributed by atoms with Crippen LogP contribution in [0.1, 0.15) is 34.5 Å². The summed E-state index contributed by atoms with van der Waals surface area (Å²) < 4.78 is 11.2. The van der Waals surface area contributed by atoms with E-state index >= 15 is 0 Å². The summed E-state index contributed by atoms with van der Waals surface area (Å²) >= 11 is -2.00. The Morgan fingerprint density at radius 3 is 2.07 bits per heavy atom. The van der Waals surface area contributed by atoms with Gasteiger partial charge in [0.25, 0.3) is 0 Å². The third-order valence-corrected chi connectivity index (χ3v) is 14.4. The van der Waals surface area contributed by atoms with Gasteiger partial charge in [-0.15, -0.1) is 0 Å². The van der Waals surface area contributed by atoms with Crippen molar-refractivity contribution in [1.29, 1.82) is 0 Å². The van der Waals surface area contributed by atoms with Gasteiger partial charge < -0.3 is 24.8 Å². The van der Waals surface area contributed by atoms with Crippen LogP contribution in [0.3, 0.4) is 0 Å². The average molecular weight is 537 g/mol. The Balaban J connectivity index is 0.00000160. The number of fused-ring (bicyclic) bond motifs is 3. The summed E-state index contributed by atoms with van der Waals surface area (Å²) in [4.78, 5) is 0. The number of allylic oxidation sites excluding steroid dienone is 3. The Morgan fingerprint density at radius 1 is 0.967 bits per heavy atom. The average Bonchev–Trinajstić information content (AvgIpc) is 3.26. The standard InChI is InChI=1S/C13H9.C10H17OSi.C2H4.2ClH.Zr/c1-3-7-12-10(5-1)9-11-6-2-4-8-13(11)12;1-12(2,3)11-9-8-10-6-4-5-7-10;1-2;;;/h1-9H;4,6H,5,8-9H2,1-3H3;1H,2H3;2*1H;/q;;;;;+2/p-2. The molecule has 0 saturated carbocycles. The molecule has 0 heterocycles. The fourth-order valence-corrected chi connectivity index (χ4v) is 13.0. The first-order valence-electron chi connectivity index (χ1n) is 10.4. The molecule has 158 valence electrons. The first-order valence-corrected chi connectivity index (χ1v) is 17.8. The van der Waals surface area contributed by atoms with E-state index in [0.29, 0.717) is 3.63 Å². The molecule has 0 atom stereocenters. The number of hydrogen-bond acceptors (Lipinski definition) is 1. The van der Waals surface area contributed by atoms with Gasteiger partial charge in [0.15, 0.2) is 0 Å². The summed E-state index contributed by atoms with van der Waals surface area (Å²) in [6, 6.07) is 18.2. The summed E-state index contributed by atoms with van der Waals surface area (Å²) in [6.07, 6.45) is 7.00. The van der Waals surface area contributed by atoms with Crippen LogP contribution in [0.15, 0.2) is 69.5 Å². The molecule has 2 aliphatic rings. The van der Waals surface area contributed by atoms with Crippen LogP contribution in [-0.2, 0) is 25.7 Å². The van der Waals surface area contributed by atoms with Crippen LogP contribution < -0.4 is 24.8 Å². The number of benzene rings is 2. The van der Waals surface area contributed by atoms with Crippen LogP contribution in [0.4, 0.5) is 0 Å². The Bertz CT molecular complexity index is 943. The SMILES string of the molecule is C[CH]=[Zr+2]([C]1=C(CCO[Si](C)(C)C)C=CC1)[CH]1c2ccccc2-c2ccccc21.[Cl-].[Cl-]. The van der Waals surface area contributed by atoms with Crippen molar-refractivity contribution < 1.29 is 50.5 Å². The molecule has 0 aliphatic heterocycles. The molecule has 2 aliphatic carbocycles. The number of rotatable bonds is 6. The molecular weight excluding hydrogens is 506 g/mol. The normalized spacial score (nSPS) is 14.9. The van der Waals surface area contributed by atoms with E-state index in [2.05, 4.69) is 91.0 Å². The maximum atomic E-state index is 6.17. The van der Waals surface area contributed by atoms with Crippen molar-refractivity contribution in [3.05, 3.63) is 80.7 Å². The van der Waals surface area contributed by atoms with Crippen molar-refractivity contribution >= 4 is 12.0 Å². The number of hydrogen-bond donors (Lipinski definition) is 0. The van der Waals surface area contributed by atoms with E-state index in [9.17, 15) is 0 Å². The minimum Gasteiger partial charge on any atom is -1.00 e. The maximum absolute atomic E-state index is 6.17. The minimum atomic E-state index is -2.00. The quantitative estimate of drug-likeness (QED) is 0.493. The van der Waals surface area contributed by atoms with Crippen LogP contribution in [-0.4, -0.2) is 18.6 Å². The molecule has 1 nitrogen and oxygen atoms in total. The zero-order valence-corrected chi connectivity index (χ0v) is 23.2. The van der Waals surface area contributed by atoms with Crippen molar-refractivity contribution in [3.8, 4) is 11.1 Å². The van der Waals surface area contributed by atoms with Crippen molar-refractivity contribution in [1.82, 2.24) is 0 Å². The molecule has 4 rings (SSSR count). The third kappa shape index (κ3) is 5.25. The van der Waals surface area contributed by atoms with Gasteiger partial charge in [-0.3, -0.25) is 0 Å². The summed E-state index contributed by atoms with van der Waals surface area (Å²) in [5.41, 5.74) is 7.62. The van der Waals surface area contributed by atoms with Gasteiger partial charge in [-0.25, -0.2) is 0 Å². The molecule has 0 bridgehead atoms. The summed E-state index contributed by atoms with van der Waals surface area (Å²) in [7, 11) is -1.45. The molecule has 0 radical (unpaired) electrons. The first-order chi connectivity index (χ1) is 13.5. The predicted octanol–water partition coefficient (Wildman–Crippen LogP) is 0.660. The monoisotopic (exact) mass is 534 g/mol. The molecule has 0 aromatic heterocycles. The minimum absolute atomic E-state index is 0. The van der Waals surface area contributed by atoms with Gasteiger partial charge in [-0.2, -0.15) is 0 Å². The van der Waals surface area contributed by atoms with Crippen molar-refractivity contribution in [3.63, 3.8) is 0 Å². The van der Waals surface area contributed by atoms with Crippen molar-refractivity contribution in [2.24, 2.45) is 0 Å². The zero-order valence-electron chi connectivity index (χ0n) is 18.2. The van der Waals surface area contributed by atoms with Crippen LogP contribution in [0.2, 0.25) is 19.6 Å². The maximum Gasteiger partial charge on any atom is -1.00 e. The smallest absolute Gasteiger partial charge is 1.00 e. The Labute approximate surface area is 202 Å². The molecule has 2 aromatic carbocycles. The fourth-order valence-electron chi connectivity index (χ4n) is 4.56. The first kappa shape index (κ1) is 25.7. The van der Waals surface area contributed by atoms with E-state index in [-0.39, 0.29) is 24.8 Å². The summed E-state index contributed by atoms with van der Waals surface area (Å²) in [5.74, 6) is 0. The van der Waals surface area contributed by atoms with Crippen molar-refractivity contribution in [2.45, 2.75) is 43.0 Å². The molecule has 30 heavy (non-hydrogen) atoms. The molecular formula is C25H30Cl2OSiZr.